The molecule has 0 aromatic heterocycles. The lowest BCUT2D eigenvalue weighted by Crippen LogP contribution is -2.32. The number of carbonyl (C=O) groups excluding carboxylic acids is 3. The summed E-state index contributed by atoms with van der Waals surface area (Å²) in [5.74, 6) is -1.75. The van der Waals surface area contributed by atoms with Crippen molar-refractivity contribution < 1.29 is 14.4 Å². The second kappa shape index (κ2) is 9.45. The molecule has 3 aromatic rings. The molecule has 0 fully saturated rings. The van der Waals surface area contributed by atoms with Crippen LogP contribution in [0, 0.1) is 0 Å². The Morgan fingerprint density at radius 2 is 1.45 bits per heavy atom. The number of rotatable bonds is 5. The predicted octanol–water partition coefficient (Wildman–Crippen LogP) is 6.33. The Hall–Kier alpha value is -3.03. The number of nitrogens with zero attached hydrogens (tertiary/aromatic N) is 1. The van der Waals surface area contributed by atoms with E-state index in [4.69, 9.17) is 46.4 Å². The number of carbonyl (C=O) groups is 3. The van der Waals surface area contributed by atoms with E-state index in [2.05, 4.69) is 10.6 Å². The smallest absolute Gasteiger partial charge is 0.283 e. The molecule has 166 valence electrons. The highest BCUT2D eigenvalue weighted by Crippen LogP contribution is 2.35. The third-order valence-corrected chi connectivity index (χ3v) is 5.82. The lowest BCUT2D eigenvalue weighted by Gasteiger charge is -2.17. The van der Waals surface area contributed by atoms with Crippen LogP contribution in [0.25, 0.3) is 0 Å². The maximum atomic E-state index is 12.9. The fourth-order valence-corrected chi connectivity index (χ4v) is 3.88. The molecule has 1 aliphatic heterocycles. The maximum Gasteiger partial charge on any atom is 0.283 e. The molecule has 1 aliphatic rings. The molecule has 2 N–H and O–H groups in total. The highest BCUT2D eigenvalue weighted by atomic mass is 35.5. The van der Waals surface area contributed by atoms with Crippen LogP contribution in [0.3, 0.4) is 0 Å². The minimum atomic E-state index is -0.731. The van der Waals surface area contributed by atoms with Crippen molar-refractivity contribution in [2.24, 2.45) is 0 Å². The van der Waals surface area contributed by atoms with Gasteiger partial charge in [0.15, 0.2) is 0 Å². The van der Waals surface area contributed by atoms with Gasteiger partial charge in [-0.15, -0.1) is 0 Å². The van der Waals surface area contributed by atoms with E-state index in [1.165, 1.54) is 18.2 Å². The van der Waals surface area contributed by atoms with Crippen LogP contribution in [0.1, 0.15) is 10.4 Å². The molecule has 0 atom stereocenters. The third kappa shape index (κ3) is 4.84. The molecule has 4 rings (SSSR count). The number of imide groups is 1. The molecule has 0 saturated heterocycles. The van der Waals surface area contributed by atoms with Crippen LogP contribution in [0.2, 0.25) is 15.1 Å². The quantitative estimate of drug-likeness (QED) is 0.385. The SMILES string of the molecule is O=C(Nc1cccc(Cl)c1)c1ccc(NC2=C(Cl)C(=O)N(c3cc(Cl)ccc3Cl)C2=O)cc1. The Labute approximate surface area is 208 Å². The van der Waals surface area contributed by atoms with Gasteiger partial charge in [-0.05, 0) is 60.7 Å². The summed E-state index contributed by atoms with van der Waals surface area (Å²) in [7, 11) is 0. The maximum absolute atomic E-state index is 12.9. The van der Waals surface area contributed by atoms with Gasteiger partial charge in [0.25, 0.3) is 17.7 Å². The van der Waals surface area contributed by atoms with Crippen LogP contribution in [0.15, 0.2) is 77.5 Å². The molecule has 3 amide bonds. The van der Waals surface area contributed by atoms with Gasteiger partial charge in [-0.25, -0.2) is 4.90 Å². The van der Waals surface area contributed by atoms with Gasteiger partial charge < -0.3 is 10.6 Å². The molecule has 3 aromatic carbocycles. The second-order valence-corrected chi connectivity index (χ2v) is 8.56. The fourth-order valence-electron chi connectivity index (χ4n) is 3.11. The Kier molecular flexibility index (Phi) is 6.63. The number of nitrogens with one attached hydrogen (secondary N) is 2. The van der Waals surface area contributed by atoms with E-state index in [-0.39, 0.29) is 27.3 Å². The third-order valence-electron chi connectivity index (χ3n) is 4.68. The first-order valence-electron chi connectivity index (χ1n) is 9.42. The highest BCUT2D eigenvalue weighted by molar-refractivity contribution is 6.54. The summed E-state index contributed by atoms with van der Waals surface area (Å²) in [5, 5.41) is 6.26. The molecule has 0 aliphatic carbocycles. The molecule has 33 heavy (non-hydrogen) atoms. The van der Waals surface area contributed by atoms with Gasteiger partial charge in [-0.2, -0.15) is 0 Å². The molecule has 0 bridgehead atoms. The minimum absolute atomic E-state index is 0.117. The van der Waals surface area contributed by atoms with Crippen LogP contribution in [-0.2, 0) is 9.59 Å². The standard InChI is InChI=1S/C23H13Cl4N3O3/c24-13-2-1-3-16(10-13)29-21(31)12-4-7-15(8-5-12)28-20-19(27)22(32)30(23(20)33)18-11-14(25)6-9-17(18)26/h1-11,28H,(H,29,31). The first-order chi connectivity index (χ1) is 15.7. The molecule has 6 nitrogen and oxygen atoms in total. The van der Waals surface area contributed by atoms with Gasteiger partial charge in [-0.3, -0.25) is 14.4 Å². The van der Waals surface area contributed by atoms with Crippen molar-refractivity contribution >= 4 is 81.2 Å². The number of amides is 3. The minimum Gasteiger partial charge on any atom is -0.350 e. The van der Waals surface area contributed by atoms with E-state index in [0.717, 1.165) is 4.90 Å². The van der Waals surface area contributed by atoms with Gasteiger partial charge in [0.2, 0.25) is 0 Å². The summed E-state index contributed by atoms with van der Waals surface area (Å²) in [6.07, 6.45) is 0. The number of halogens is 4. The Morgan fingerprint density at radius 1 is 0.758 bits per heavy atom. The zero-order valence-electron chi connectivity index (χ0n) is 16.5. The lowest BCUT2D eigenvalue weighted by molar-refractivity contribution is -0.120. The normalized spacial score (nSPS) is 13.5. The molecular weight excluding hydrogens is 508 g/mol. The van der Waals surface area contributed by atoms with Crippen molar-refractivity contribution in [3.05, 3.63) is 98.1 Å². The monoisotopic (exact) mass is 519 g/mol. The average molecular weight is 521 g/mol. The van der Waals surface area contributed by atoms with E-state index in [9.17, 15) is 14.4 Å². The zero-order valence-corrected chi connectivity index (χ0v) is 19.6. The summed E-state index contributed by atoms with van der Waals surface area (Å²) in [4.78, 5) is 38.9. The van der Waals surface area contributed by atoms with Gasteiger partial charge in [0.05, 0.1) is 10.7 Å². The van der Waals surface area contributed by atoms with E-state index < -0.39 is 11.8 Å². The lowest BCUT2D eigenvalue weighted by atomic mass is 10.2. The van der Waals surface area contributed by atoms with Crippen molar-refractivity contribution in [1.29, 1.82) is 0 Å². The van der Waals surface area contributed by atoms with E-state index in [0.29, 0.717) is 27.0 Å². The van der Waals surface area contributed by atoms with Gasteiger partial charge >= 0.3 is 0 Å². The van der Waals surface area contributed by atoms with Gasteiger partial charge in [0, 0.05) is 27.0 Å². The average Bonchev–Trinajstić information content (AvgIpc) is 2.99. The highest BCUT2D eigenvalue weighted by Gasteiger charge is 2.40. The van der Waals surface area contributed by atoms with Crippen molar-refractivity contribution in [3.8, 4) is 0 Å². The zero-order chi connectivity index (χ0) is 23.7. The number of hydrogen-bond acceptors (Lipinski definition) is 4. The summed E-state index contributed by atoms with van der Waals surface area (Å²) < 4.78 is 0. The number of hydrogen-bond donors (Lipinski definition) is 2. The van der Waals surface area contributed by atoms with Crippen LogP contribution < -0.4 is 15.5 Å². The van der Waals surface area contributed by atoms with E-state index in [1.807, 2.05) is 0 Å². The number of anilines is 3. The van der Waals surface area contributed by atoms with Crippen molar-refractivity contribution in [2.45, 2.75) is 0 Å². The van der Waals surface area contributed by atoms with Crippen molar-refractivity contribution in [1.82, 2.24) is 0 Å². The summed E-state index contributed by atoms with van der Waals surface area (Å²) in [6, 6.07) is 17.5. The summed E-state index contributed by atoms with van der Waals surface area (Å²) >= 11 is 24.2. The number of benzene rings is 3. The fraction of sp³-hybridized carbons (Fsp3) is 0. The van der Waals surface area contributed by atoms with Crippen LogP contribution >= 0.6 is 46.4 Å². The van der Waals surface area contributed by atoms with Crippen LogP contribution in [0.5, 0.6) is 0 Å². The molecule has 0 saturated carbocycles. The molecule has 1 heterocycles. The van der Waals surface area contributed by atoms with Crippen LogP contribution in [-0.4, -0.2) is 17.7 Å². The van der Waals surface area contributed by atoms with Crippen LogP contribution in [0.4, 0.5) is 17.1 Å². The molecule has 0 unspecified atom stereocenters. The Morgan fingerprint density at radius 3 is 2.15 bits per heavy atom. The molecule has 0 spiro atoms. The van der Waals surface area contributed by atoms with E-state index in [1.54, 1.807) is 48.5 Å². The van der Waals surface area contributed by atoms with Gasteiger partial charge in [-0.1, -0.05) is 52.5 Å². The predicted molar refractivity (Wildman–Crippen MR) is 131 cm³/mol. The van der Waals surface area contributed by atoms with Crippen molar-refractivity contribution in [3.63, 3.8) is 0 Å². The molecular formula is C23H13Cl4N3O3. The van der Waals surface area contributed by atoms with Crippen molar-refractivity contribution in [2.75, 3.05) is 15.5 Å². The Bertz CT molecular complexity index is 1320. The first-order valence-corrected chi connectivity index (χ1v) is 10.9. The first kappa shape index (κ1) is 23.1. The largest absolute Gasteiger partial charge is 0.350 e. The van der Waals surface area contributed by atoms with Gasteiger partial charge in [0.1, 0.15) is 10.7 Å². The second-order valence-electron chi connectivity index (χ2n) is 6.90. The summed E-state index contributed by atoms with van der Waals surface area (Å²) in [6.45, 7) is 0. The van der Waals surface area contributed by atoms with E-state index >= 15 is 0 Å². The topological polar surface area (TPSA) is 78.5 Å². The summed E-state index contributed by atoms with van der Waals surface area (Å²) in [5.41, 5.74) is 1.39. The molecule has 10 heteroatoms. The Balaban J connectivity index is 1.50. The molecule has 0 radical (unpaired) electrons.